The van der Waals surface area contributed by atoms with Crippen molar-refractivity contribution in [2.45, 2.75) is 6.42 Å². The lowest BCUT2D eigenvalue weighted by molar-refractivity contribution is -0.119. The number of ether oxygens (including phenoxy) is 1. The fraction of sp³-hybridized carbons (Fsp3) is 0.235. The van der Waals surface area contributed by atoms with Crippen molar-refractivity contribution in [3.05, 3.63) is 42.9 Å². The maximum atomic E-state index is 12.1. The molecule has 1 amide bonds. The van der Waals surface area contributed by atoms with E-state index in [-0.39, 0.29) is 11.8 Å². The van der Waals surface area contributed by atoms with Crippen LogP contribution in [0, 0.1) is 5.92 Å². The summed E-state index contributed by atoms with van der Waals surface area (Å²) in [6.45, 7) is 1.16. The number of thiazole rings is 1. The minimum atomic E-state index is -0.0597. The normalized spacial score (nSPS) is 17.5. The van der Waals surface area contributed by atoms with Gasteiger partial charge in [-0.15, -0.1) is 0 Å². The average Bonchev–Trinajstić information content (AvgIpc) is 3.26. The minimum absolute atomic E-state index is 0.00649. The van der Waals surface area contributed by atoms with Crippen LogP contribution in [0.1, 0.15) is 6.42 Å². The zero-order chi connectivity index (χ0) is 15.6. The largest absolute Gasteiger partial charge is 0.381 e. The number of anilines is 1. The van der Waals surface area contributed by atoms with E-state index >= 15 is 0 Å². The molecule has 0 bridgehead atoms. The molecule has 2 aromatic heterocycles. The van der Waals surface area contributed by atoms with E-state index in [0.29, 0.717) is 18.3 Å². The maximum Gasteiger partial charge on any atom is 0.231 e. The zero-order valence-corrected chi connectivity index (χ0v) is 13.2. The zero-order valence-electron chi connectivity index (χ0n) is 12.4. The Morgan fingerprint density at radius 1 is 1.26 bits per heavy atom. The summed E-state index contributed by atoms with van der Waals surface area (Å²) in [4.78, 5) is 21.6. The third-order valence-electron chi connectivity index (χ3n) is 3.96. The third kappa shape index (κ3) is 2.95. The average molecular weight is 325 g/mol. The lowest BCUT2D eigenvalue weighted by atomic mass is 10.1. The highest BCUT2D eigenvalue weighted by molar-refractivity contribution is 7.19. The molecule has 1 aromatic carbocycles. The van der Waals surface area contributed by atoms with Crippen LogP contribution >= 0.6 is 11.3 Å². The fourth-order valence-corrected chi connectivity index (χ4v) is 3.47. The number of hydrogen-bond donors (Lipinski definition) is 1. The van der Waals surface area contributed by atoms with Gasteiger partial charge in [0.05, 0.1) is 17.4 Å². The second-order valence-electron chi connectivity index (χ2n) is 5.52. The first-order chi connectivity index (χ1) is 11.3. The highest BCUT2D eigenvalue weighted by Crippen LogP contribution is 2.31. The first kappa shape index (κ1) is 14.3. The number of nitrogens with zero attached hydrogens (tertiary/aromatic N) is 2. The summed E-state index contributed by atoms with van der Waals surface area (Å²) in [5.74, 6) is -0.0662. The smallest absolute Gasteiger partial charge is 0.231 e. The molecular weight excluding hydrogens is 310 g/mol. The molecule has 3 heterocycles. The first-order valence-corrected chi connectivity index (χ1v) is 8.30. The standard InChI is InChI=1S/C17H15N3O2S/c21-16(14-4-6-22-10-14)20-17-19-9-15(23-17)12-1-2-13-8-18-5-3-11(13)7-12/h1-3,5,7-9,14H,4,6,10H2,(H,19,20,21)/t14-/m1/s1. The second-order valence-corrected chi connectivity index (χ2v) is 6.55. The summed E-state index contributed by atoms with van der Waals surface area (Å²) in [7, 11) is 0. The molecule has 1 N–H and O–H groups in total. The monoisotopic (exact) mass is 325 g/mol. The quantitative estimate of drug-likeness (QED) is 0.802. The van der Waals surface area contributed by atoms with Crippen molar-refractivity contribution >= 4 is 33.1 Å². The number of carbonyl (C=O) groups excluding carboxylic acids is 1. The Bertz CT molecular complexity index is 856. The Balaban J connectivity index is 1.55. The SMILES string of the molecule is O=C(Nc1ncc(-c2ccc3cnccc3c2)s1)[C@@H]1CCOC1. The molecule has 4 rings (SSSR count). The molecule has 23 heavy (non-hydrogen) atoms. The molecule has 0 aliphatic carbocycles. The number of aromatic nitrogens is 2. The van der Waals surface area contributed by atoms with Crippen LogP contribution < -0.4 is 5.32 Å². The first-order valence-electron chi connectivity index (χ1n) is 7.48. The summed E-state index contributed by atoms with van der Waals surface area (Å²) >= 11 is 1.48. The van der Waals surface area contributed by atoms with Crippen molar-refractivity contribution < 1.29 is 9.53 Å². The number of amides is 1. The van der Waals surface area contributed by atoms with Gasteiger partial charge >= 0.3 is 0 Å². The maximum absolute atomic E-state index is 12.1. The lowest BCUT2D eigenvalue weighted by Gasteiger charge is -2.05. The summed E-state index contributed by atoms with van der Waals surface area (Å²) in [6, 6.07) is 8.20. The van der Waals surface area contributed by atoms with E-state index in [1.165, 1.54) is 11.3 Å². The van der Waals surface area contributed by atoms with Gasteiger partial charge in [-0.25, -0.2) is 4.98 Å². The van der Waals surface area contributed by atoms with Crippen molar-refractivity contribution in [2.24, 2.45) is 5.92 Å². The number of benzene rings is 1. The molecule has 0 unspecified atom stereocenters. The Kier molecular flexibility index (Phi) is 3.77. The predicted molar refractivity (Wildman–Crippen MR) is 90.4 cm³/mol. The van der Waals surface area contributed by atoms with Crippen LogP contribution in [0.5, 0.6) is 0 Å². The van der Waals surface area contributed by atoms with E-state index in [1.54, 1.807) is 12.4 Å². The summed E-state index contributed by atoms with van der Waals surface area (Å²) in [6.07, 6.45) is 6.21. The van der Waals surface area contributed by atoms with Gasteiger partial charge in [0.25, 0.3) is 0 Å². The van der Waals surface area contributed by atoms with Gasteiger partial charge in [-0.3, -0.25) is 9.78 Å². The Morgan fingerprint density at radius 2 is 2.22 bits per heavy atom. The summed E-state index contributed by atoms with van der Waals surface area (Å²) in [5.41, 5.74) is 1.09. The van der Waals surface area contributed by atoms with Crippen LogP contribution in [0.4, 0.5) is 5.13 Å². The van der Waals surface area contributed by atoms with Crippen LogP contribution in [0.3, 0.4) is 0 Å². The highest BCUT2D eigenvalue weighted by Gasteiger charge is 2.24. The lowest BCUT2D eigenvalue weighted by Crippen LogP contribution is -2.22. The molecule has 1 fully saturated rings. The van der Waals surface area contributed by atoms with Crippen molar-refractivity contribution in [3.63, 3.8) is 0 Å². The number of pyridine rings is 1. The molecule has 0 spiro atoms. The van der Waals surface area contributed by atoms with E-state index in [2.05, 4.69) is 21.4 Å². The molecule has 3 aromatic rings. The van der Waals surface area contributed by atoms with Crippen molar-refractivity contribution in [2.75, 3.05) is 18.5 Å². The van der Waals surface area contributed by atoms with Crippen LogP contribution in [-0.4, -0.2) is 29.1 Å². The topological polar surface area (TPSA) is 64.1 Å². The molecule has 0 saturated carbocycles. The number of carbonyl (C=O) groups is 1. The molecule has 5 nitrogen and oxygen atoms in total. The van der Waals surface area contributed by atoms with Crippen LogP contribution in [-0.2, 0) is 9.53 Å². The summed E-state index contributed by atoms with van der Waals surface area (Å²) < 4.78 is 5.25. The van der Waals surface area contributed by atoms with Crippen molar-refractivity contribution in [1.82, 2.24) is 9.97 Å². The van der Waals surface area contributed by atoms with E-state index in [4.69, 9.17) is 4.74 Å². The van der Waals surface area contributed by atoms with Gasteiger partial charge in [0.15, 0.2) is 5.13 Å². The predicted octanol–water partition coefficient (Wildman–Crippen LogP) is 3.33. The van der Waals surface area contributed by atoms with Crippen molar-refractivity contribution in [3.8, 4) is 10.4 Å². The number of nitrogens with one attached hydrogen (secondary N) is 1. The van der Waals surface area contributed by atoms with Gasteiger partial charge in [-0.2, -0.15) is 0 Å². The molecule has 116 valence electrons. The van der Waals surface area contributed by atoms with Gasteiger partial charge in [0, 0.05) is 30.6 Å². The molecule has 1 atom stereocenters. The van der Waals surface area contributed by atoms with E-state index in [9.17, 15) is 4.79 Å². The van der Waals surface area contributed by atoms with Gasteiger partial charge in [-0.05, 0) is 29.5 Å². The molecule has 6 heteroatoms. The molecule has 0 radical (unpaired) electrons. The molecule has 1 aliphatic rings. The van der Waals surface area contributed by atoms with Crippen LogP contribution in [0.15, 0.2) is 42.9 Å². The third-order valence-corrected chi connectivity index (χ3v) is 4.92. The van der Waals surface area contributed by atoms with Crippen LogP contribution in [0.2, 0.25) is 0 Å². The minimum Gasteiger partial charge on any atom is -0.381 e. The van der Waals surface area contributed by atoms with Gasteiger partial charge in [-0.1, -0.05) is 23.5 Å². The molecule has 1 aliphatic heterocycles. The summed E-state index contributed by atoms with van der Waals surface area (Å²) in [5, 5.41) is 5.77. The highest BCUT2D eigenvalue weighted by atomic mass is 32.1. The Hall–Kier alpha value is -2.31. The number of rotatable bonds is 3. The van der Waals surface area contributed by atoms with Gasteiger partial charge < -0.3 is 10.1 Å². The molecular formula is C17H15N3O2S. The number of hydrogen-bond acceptors (Lipinski definition) is 5. The molecule has 1 saturated heterocycles. The number of fused-ring (bicyclic) bond motifs is 1. The van der Waals surface area contributed by atoms with E-state index in [1.807, 2.05) is 24.4 Å². The fourth-order valence-electron chi connectivity index (χ4n) is 2.65. The van der Waals surface area contributed by atoms with Gasteiger partial charge in [0.2, 0.25) is 5.91 Å². The Labute approximate surface area is 137 Å². The Morgan fingerprint density at radius 3 is 3.09 bits per heavy atom. The van der Waals surface area contributed by atoms with Crippen molar-refractivity contribution in [1.29, 1.82) is 0 Å². The van der Waals surface area contributed by atoms with Crippen LogP contribution in [0.25, 0.3) is 21.2 Å². The van der Waals surface area contributed by atoms with E-state index in [0.717, 1.165) is 27.6 Å². The van der Waals surface area contributed by atoms with E-state index < -0.39 is 0 Å². The second kappa shape index (κ2) is 6.06. The van der Waals surface area contributed by atoms with Gasteiger partial charge in [0.1, 0.15) is 0 Å².